The Bertz CT molecular complexity index is 739. The smallest absolute Gasteiger partial charge is 0.182 e. The second-order valence-corrected chi connectivity index (χ2v) is 7.28. The summed E-state index contributed by atoms with van der Waals surface area (Å²) >= 11 is 5.87. The molecule has 2 aromatic rings. The van der Waals surface area contributed by atoms with E-state index in [9.17, 15) is 4.39 Å². The molecule has 0 N–H and O–H groups in total. The Morgan fingerprint density at radius 3 is 2.52 bits per heavy atom. The third-order valence-electron chi connectivity index (χ3n) is 5.05. The topological polar surface area (TPSA) is 12.5 Å². The SMILES string of the molecule is C=C(OCc1ccccc1)N1CCC(C)(c2ccc(Cl)cc2F)CC1. The van der Waals surface area contributed by atoms with Crippen LogP contribution in [0, 0.1) is 5.82 Å². The zero-order chi connectivity index (χ0) is 17.9. The molecule has 0 aromatic heterocycles. The van der Waals surface area contributed by atoms with Gasteiger partial charge in [-0.3, -0.25) is 0 Å². The van der Waals surface area contributed by atoms with Crippen molar-refractivity contribution in [2.24, 2.45) is 0 Å². The van der Waals surface area contributed by atoms with Crippen LogP contribution in [0.2, 0.25) is 5.02 Å². The molecule has 0 atom stereocenters. The number of likely N-dealkylation sites (tertiary alicyclic amines) is 1. The first-order chi connectivity index (χ1) is 12.0. The molecule has 4 heteroatoms. The fourth-order valence-corrected chi connectivity index (χ4v) is 3.49. The summed E-state index contributed by atoms with van der Waals surface area (Å²) in [5.74, 6) is 0.463. The first-order valence-corrected chi connectivity index (χ1v) is 8.92. The van der Waals surface area contributed by atoms with Gasteiger partial charge >= 0.3 is 0 Å². The van der Waals surface area contributed by atoms with Crippen LogP contribution in [0.4, 0.5) is 4.39 Å². The van der Waals surface area contributed by atoms with Gasteiger partial charge in [0.25, 0.3) is 0 Å². The number of hydrogen-bond donors (Lipinski definition) is 0. The molecule has 0 bridgehead atoms. The lowest BCUT2D eigenvalue weighted by Crippen LogP contribution is -2.41. The van der Waals surface area contributed by atoms with Crippen molar-refractivity contribution >= 4 is 11.6 Å². The fourth-order valence-electron chi connectivity index (χ4n) is 3.33. The molecule has 1 aliphatic rings. The van der Waals surface area contributed by atoms with Crippen LogP contribution in [0.15, 0.2) is 61.0 Å². The minimum Gasteiger partial charge on any atom is -0.475 e. The van der Waals surface area contributed by atoms with E-state index in [0.717, 1.165) is 37.1 Å². The van der Waals surface area contributed by atoms with E-state index in [1.165, 1.54) is 6.07 Å². The van der Waals surface area contributed by atoms with Gasteiger partial charge in [0.1, 0.15) is 12.4 Å². The van der Waals surface area contributed by atoms with E-state index < -0.39 is 0 Å². The molecule has 132 valence electrons. The van der Waals surface area contributed by atoms with Crippen molar-refractivity contribution in [1.29, 1.82) is 0 Å². The Balaban J connectivity index is 1.58. The van der Waals surface area contributed by atoms with Crippen LogP contribution in [0.25, 0.3) is 0 Å². The Hall–Kier alpha value is -2.00. The Morgan fingerprint density at radius 1 is 1.20 bits per heavy atom. The maximum Gasteiger partial charge on any atom is 0.182 e. The van der Waals surface area contributed by atoms with E-state index in [0.29, 0.717) is 17.5 Å². The molecule has 0 amide bonds. The van der Waals surface area contributed by atoms with Crippen LogP contribution in [0.3, 0.4) is 0 Å². The van der Waals surface area contributed by atoms with Gasteiger partial charge in [0.05, 0.1) is 0 Å². The summed E-state index contributed by atoms with van der Waals surface area (Å²) in [5.41, 5.74) is 1.67. The van der Waals surface area contributed by atoms with Crippen molar-refractivity contribution in [2.45, 2.75) is 31.8 Å². The van der Waals surface area contributed by atoms with Crippen molar-refractivity contribution in [3.8, 4) is 0 Å². The molecule has 3 rings (SSSR count). The van der Waals surface area contributed by atoms with Gasteiger partial charge in [-0.2, -0.15) is 0 Å². The van der Waals surface area contributed by atoms with E-state index in [1.54, 1.807) is 6.07 Å². The van der Waals surface area contributed by atoms with Gasteiger partial charge in [0.2, 0.25) is 0 Å². The van der Waals surface area contributed by atoms with Crippen LogP contribution in [0.1, 0.15) is 30.9 Å². The molecule has 25 heavy (non-hydrogen) atoms. The maximum atomic E-state index is 14.3. The zero-order valence-electron chi connectivity index (χ0n) is 14.5. The zero-order valence-corrected chi connectivity index (χ0v) is 15.2. The highest BCUT2D eigenvalue weighted by Crippen LogP contribution is 2.38. The molecular formula is C21H23ClFNO. The van der Waals surface area contributed by atoms with Crippen molar-refractivity contribution in [3.63, 3.8) is 0 Å². The molecule has 0 aliphatic carbocycles. The largest absolute Gasteiger partial charge is 0.475 e. The van der Waals surface area contributed by atoms with E-state index in [2.05, 4.69) is 18.4 Å². The van der Waals surface area contributed by atoms with Gasteiger partial charge < -0.3 is 9.64 Å². The summed E-state index contributed by atoms with van der Waals surface area (Å²) in [6.45, 7) is 8.28. The Kier molecular flexibility index (Phi) is 5.33. The molecule has 0 unspecified atom stereocenters. The number of benzene rings is 2. The van der Waals surface area contributed by atoms with Crippen LogP contribution >= 0.6 is 11.6 Å². The van der Waals surface area contributed by atoms with E-state index in [4.69, 9.17) is 16.3 Å². The highest BCUT2D eigenvalue weighted by molar-refractivity contribution is 6.30. The van der Waals surface area contributed by atoms with Gasteiger partial charge in [0, 0.05) is 18.1 Å². The standard InChI is InChI=1S/C21H23ClFNO/c1-16(25-15-17-6-4-3-5-7-17)24-12-10-21(2,11-13-24)19-9-8-18(22)14-20(19)23/h3-9,14H,1,10-13,15H2,2H3. The van der Waals surface area contributed by atoms with E-state index >= 15 is 0 Å². The van der Waals surface area contributed by atoms with Crippen molar-refractivity contribution in [1.82, 2.24) is 4.90 Å². The molecule has 1 heterocycles. The molecule has 2 nitrogen and oxygen atoms in total. The average molecular weight is 360 g/mol. The van der Waals surface area contributed by atoms with E-state index in [-0.39, 0.29) is 11.2 Å². The fraction of sp³-hybridized carbons (Fsp3) is 0.333. The Labute approximate surface area is 153 Å². The summed E-state index contributed by atoms with van der Waals surface area (Å²) in [7, 11) is 0. The minimum atomic E-state index is -0.220. The summed E-state index contributed by atoms with van der Waals surface area (Å²) in [6.07, 6.45) is 1.69. The van der Waals surface area contributed by atoms with Crippen LogP contribution in [-0.4, -0.2) is 18.0 Å². The number of ether oxygens (including phenoxy) is 1. The molecule has 0 radical (unpaired) electrons. The van der Waals surface area contributed by atoms with Gasteiger partial charge in [-0.15, -0.1) is 0 Å². The number of rotatable bonds is 5. The van der Waals surface area contributed by atoms with Crippen LogP contribution in [0.5, 0.6) is 0 Å². The van der Waals surface area contributed by atoms with Gasteiger partial charge in [-0.25, -0.2) is 4.39 Å². The Morgan fingerprint density at radius 2 is 1.88 bits per heavy atom. The third kappa shape index (κ3) is 4.16. The average Bonchev–Trinajstić information content (AvgIpc) is 2.61. The number of nitrogens with zero attached hydrogens (tertiary/aromatic N) is 1. The van der Waals surface area contributed by atoms with Crippen LogP contribution in [-0.2, 0) is 16.8 Å². The predicted octanol–water partition coefficient (Wildman–Crippen LogP) is 5.52. The van der Waals surface area contributed by atoms with E-state index in [1.807, 2.05) is 36.4 Å². The second kappa shape index (κ2) is 7.49. The van der Waals surface area contributed by atoms with Gasteiger partial charge in [0.15, 0.2) is 5.88 Å². The molecule has 1 saturated heterocycles. The minimum absolute atomic E-state index is 0.190. The normalized spacial score (nSPS) is 16.5. The lowest BCUT2D eigenvalue weighted by molar-refractivity contribution is 0.0754. The quantitative estimate of drug-likeness (QED) is 0.651. The molecule has 2 aromatic carbocycles. The number of piperidine rings is 1. The van der Waals surface area contributed by atoms with Crippen molar-refractivity contribution in [2.75, 3.05) is 13.1 Å². The number of hydrogen-bond acceptors (Lipinski definition) is 2. The number of halogens is 2. The van der Waals surface area contributed by atoms with Gasteiger partial charge in [-0.1, -0.05) is 54.9 Å². The molecule has 1 fully saturated rings. The van der Waals surface area contributed by atoms with Gasteiger partial charge in [-0.05, 0) is 48.1 Å². The molecular weight excluding hydrogens is 337 g/mol. The lowest BCUT2D eigenvalue weighted by atomic mass is 9.74. The summed E-state index contributed by atoms with van der Waals surface area (Å²) < 4.78 is 20.1. The summed E-state index contributed by atoms with van der Waals surface area (Å²) in [6, 6.07) is 15.0. The third-order valence-corrected chi connectivity index (χ3v) is 5.28. The molecule has 0 saturated carbocycles. The lowest BCUT2D eigenvalue weighted by Gasteiger charge is -2.41. The summed E-state index contributed by atoms with van der Waals surface area (Å²) in [4.78, 5) is 2.14. The van der Waals surface area contributed by atoms with Crippen molar-refractivity contribution in [3.05, 3.63) is 83.0 Å². The van der Waals surface area contributed by atoms with Crippen LogP contribution < -0.4 is 0 Å². The summed E-state index contributed by atoms with van der Waals surface area (Å²) in [5, 5.41) is 0.435. The highest BCUT2D eigenvalue weighted by atomic mass is 35.5. The predicted molar refractivity (Wildman–Crippen MR) is 99.9 cm³/mol. The maximum absolute atomic E-state index is 14.3. The highest BCUT2D eigenvalue weighted by Gasteiger charge is 2.34. The van der Waals surface area contributed by atoms with Crippen molar-refractivity contribution < 1.29 is 9.13 Å². The molecule has 0 spiro atoms. The second-order valence-electron chi connectivity index (χ2n) is 6.84. The first kappa shape index (κ1) is 17.8. The monoisotopic (exact) mass is 359 g/mol. The molecule has 1 aliphatic heterocycles. The first-order valence-electron chi connectivity index (χ1n) is 8.54.